The SMILES string of the molecule is O=C(Nc1c(O)cc(OC(F)(F)Cl)cc1O)c1cnc(N2CCC(F)C2)c(-c2cnccn2)c1. The Morgan fingerprint density at radius 3 is 2.50 bits per heavy atom. The maximum atomic E-state index is 13.8. The molecular weight excluding hydrogens is 479 g/mol. The Hall–Kier alpha value is -3.80. The third kappa shape index (κ3) is 5.22. The van der Waals surface area contributed by atoms with Crippen molar-refractivity contribution in [3.63, 3.8) is 0 Å². The standard InChI is InChI=1S/C21H17ClF3N5O4/c22-21(24,25)34-13-6-16(31)18(17(32)7-13)29-20(33)11-5-14(15-9-26-2-3-27-15)19(28-8-11)30-4-1-12(23)10-30/h2-3,5-9,12,31-32H,1,4,10H2,(H,29,33). The number of anilines is 2. The zero-order valence-electron chi connectivity index (χ0n) is 17.3. The number of hydrogen-bond acceptors (Lipinski definition) is 8. The van der Waals surface area contributed by atoms with Crippen LogP contribution in [-0.2, 0) is 0 Å². The fourth-order valence-electron chi connectivity index (χ4n) is 3.46. The summed E-state index contributed by atoms with van der Waals surface area (Å²) in [5.41, 5.74) is -3.66. The van der Waals surface area contributed by atoms with Crippen molar-refractivity contribution in [1.82, 2.24) is 15.0 Å². The van der Waals surface area contributed by atoms with E-state index in [1.54, 1.807) is 4.90 Å². The Labute approximate surface area is 195 Å². The summed E-state index contributed by atoms with van der Waals surface area (Å²) >= 11 is 4.68. The van der Waals surface area contributed by atoms with Gasteiger partial charge in [0.25, 0.3) is 5.91 Å². The molecule has 4 rings (SSSR count). The molecule has 3 heterocycles. The fraction of sp³-hybridized carbons (Fsp3) is 0.238. The van der Waals surface area contributed by atoms with Crippen molar-refractivity contribution in [3.05, 3.63) is 48.5 Å². The molecule has 0 aliphatic carbocycles. The Kier molecular flexibility index (Phi) is 6.33. The molecular formula is C21H17ClF3N5O4. The highest BCUT2D eigenvalue weighted by Crippen LogP contribution is 2.40. The van der Waals surface area contributed by atoms with Gasteiger partial charge in [-0.15, -0.1) is 8.78 Å². The van der Waals surface area contributed by atoms with Crippen LogP contribution in [0.2, 0.25) is 0 Å². The van der Waals surface area contributed by atoms with E-state index in [9.17, 15) is 28.2 Å². The van der Waals surface area contributed by atoms with E-state index in [1.165, 1.54) is 30.9 Å². The van der Waals surface area contributed by atoms with Crippen LogP contribution in [0.4, 0.5) is 24.7 Å². The van der Waals surface area contributed by atoms with Gasteiger partial charge in [0.15, 0.2) is 0 Å². The number of hydrogen-bond donors (Lipinski definition) is 3. The molecule has 0 radical (unpaired) electrons. The molecule has 13 heteroatoms. The van der Waals surface area contributed by atoms with Gasteiger partial charge in [0.2, 0.25) is 0 Å². The minimum Gasteiger partial charge on any atom is -0.505 e. The highest BCUT2D eigenvalue weighted by atomic mass is 35.5. The lowest BCUT2D eigenvalue weighted by Gasteiger charge is -2.20. The van der Waals surface area contributed by atoms with Crippen molar-refractivity contribution < 1.29 is 32.9 Å². The number of pyridine rings is 1. The Balaban J connectivity index is 1.64. The summed E-state index contributed by atoms with van der Waals surface area (Å²) in [4.78, 5) is 27.2. The number of nitrogens with zero attached hydrogens (tertiary/aromatic N) is 4. The van der Waals surface area contributed by atoms with Gasteiger partial charge in [0, 0.05) is 54.4 Å². The summed E-state index contributed by atoms with van der Waals surface area (Å²) < 4.78 is 43.5. The molecule has 1 amide bonds. The lowest BCUT2D eigenvalue weighted by molar-refractivity contribution is -0.0965. The maximum Gasteiger partial charge on any atom is 0.487 e. The Morgan fingerprint density at radius 2 is 1.91 bits per heavy atom. The van der Waals surface area contributed by atoms with Crippen LogP contribution >= 0.6 is 11.6 Å². The van der Waals surface area contributed by atoms with Gasteiger partial charge in [-0.2, -0.15) is 0 Å². The van der Waals surface area contributed by atoms with Crippen LogP contribution in [0.25, 0.3) is 11.3 Å². The summed E-state index contributed by atoms with van der Waals surface area (Å²) in [6, 6.07) is 2.96. The van der Waals surface area contributed by atoms with E-state index in [-0.39, 0.29) is 12.1 Å². The van der Waals surface area contributed by atoms with Crippen molar-refractivity contribution in [1.29, 1.82) is 0 Å². The quantitative estimate of drug-likeness (QED) is 0.347. The van der Waals surface area contributed by atoms with Gasteiger partial charge < -0.3 is 25.2 Å². The second kappa shape index (κ2) is 9.21. The largest absolute Gasteiger partial charge is 0.505 e. The number of rotatable bonds is 6. The number of phenols is 2. The molecule has 1 unspecified atom stereocenters. The van der Waals surface area contributed by atoms with Gasteiger partial charge in [-0.3, -0.25) is 14.8 Å². The topological polar surface area (TPSA) is 121 Å². The molecule has 1 aromatic carbocycles. The number of alkyl halides is 4. The first-order valence-corrected chi connectivity index (χ1v) is 10.3. The lowest BCUT2D eigenvalue weighted by atomic mass is 10.1. The highest BCUT2D eigenvalue weighted by Gasteiger charge is 2.29. The minimum absolute atomic E-state index is 0.0202. The van der Waals surface area contributed by atoms with Gasteiger partial charge in [-0.05, 0) is 12.5 Å². The average Bonchev–Trinajstić information content (AvgIpc) is 3.21. The third-order valence-corrected chi connectivity index (χ3v) is 5.02. The minimum atomic E-state index is -4.06. The number of carbonyl (C=O) groups excluding carboxylic acids is 1. The zero-order chi connectivity index (χ0) is 24.5. The summed E-state index contributed by atoms with van der Waals surface area (Å²) in [5.74, 6) is -2.47. The van der Waals surface area contributed by atoms with Crippen LogP contribution < -0.4 is 15.0 Å². The second-order valence-corrected chi connectivity index (χ2v) is 7.80. The predicted molar refractivity (Wildman–Crippen MR) is 116 cm³/mol. The Bertz CT molecular complexity index is 1190. The van der Waals surface area contributed by atoms with Crippen LogP contribution in [0.1, 0.15) is 16.8 Å². The maximum absolute atomic E-state index is 13.8. The first kappa shape index (κ1) is 23.4. The van der Waals surface area contributed by atoms with Gasteiger partial charge >= 0.3 is 5.57 Å². The summed E-state index contributed by atoms with van der Waals surface area (Å²) in [6.07, 6.45) is 4.98. The molecule has 0 saturated carbocycles. The van der Waals surface area contributed by atoms with Gasteiger partial charge in [0.1, 0.15) is 34.9 Å². The molecule has 3 N–H and O–H groups in total. The number of amides is 1. The Morgan fingerprint density at radius 1 is 1.18 bits per heavy atom. The number of carbonyl (C=O) groups is 1. The van der Waals surface area contributed by atoms with Crippen LogP contribution in [0, 0.1) is 0 Å². The van der Waals surface area contributed by atoms with Crippen molar-refractivity contribution in [2.45, 2.75) is 18.2 Å². The molecule has 178 valence electrons. The molecule has 9 nitrogen and oxygen atoms in total. The number of ether oxygens (including phenoxy) is 1. The average molecular weight is 496 g/mol. The summed E-state index contributed by atoms with van der Waals surface area (Å²) in [6.45, 7) is 0.577. The van der Waals surface area contributed by atoms with E-state index in [2.05, 4.69) is 36.6 Å². The van der Waals surface area contributed by atoms with E-state index in [4.69, 9.17) is 0 Å². The second-order valence-electron chi connectivity index (χ2n) is 7.36. The van der Waals surface area contributed by atoms with Gasteiger partial charge in [0.05, 0.1) is 24.0 Å². The predicted octanol–water partition coefficient (Wildman–Crippen LogP) is 3.92. The third-order valence-electron chi connectivity index (χ3n) is 4.94. The lowest BCUT2D eigenvalue weighted by Crippen LogP contribution is -2.23. The first-order chi connectivity index (χ1) is 16.1. The van der Waals surface area contributed by atoms with Crippen LogP contribution in [0.3, 0.4) is 0 Å². The van der Waals surface area contributed by atoms with Crippen molar-refractivity contribution in [2.75, 3.05) is 23.3 Å². The first-order valence-electron chi connectivity index (χ1n) is 9.89. The molecule has 1 saturated heterocycles. The highest BCUT2D eigenvalue weighted by molar-refractivity contribution is 6.20. The van der Waals surface area contributed by atoms with Crippen molar-refractivity contribution in [3.8, 4) is 28.5 Å². The van der Waals surface area contributed by atoms with Crippen molar-refractivity contribution in [2.24, 2.45) is 0 Å². The van der Waals surface area contributed by atoms with E-state index in [1.807, 2.05) is 0 Å². The summed E-state index contributed by atoms with van der Waals surface area (Å²) in [5, 5.41) is 22.5. The smallest absolute Gasteiger partial charge is 0.487 e. The van der Waals surface area contributed by atoms with Gasteiger partial charge in [-0.1, -0.05) is 0 Å². The number of benzene rings is 1. The number of aromatic nitrogens is 3. The number of aromatic hydroxyl groups is 2. The van der Waals surface area contributed by atoms with E-state index in [0.717, 1.165) is 12.1 Å². The molecule has 3 aromatic rings. The molecule has 34 heavy (non-hydrogen) atoms. The fourth-order valence-corrected chi connectivity index (χ4v) is 3.55. The zero-order valence-corrected chi connectivity index (χ0v) is 18.0. The molecule has 0 spiro atoms. The van der Waals surface area contributed by atoms with Crippen LogP contribution in [0.5, 0.6) is 17.2 Å². The molecule has 0 bridgehead atoms. The molecule has 2 aromatic heterocycles. The van der Waals surface area contributed by atoms with E-state index >= 15 is 0 Å². The normalized spacial score (nSPS) is 15.9. The van der Waals surface area contributed by atoms with E-state index in [0.29, 0.717) is 30.0 Å². The monoisotopic (exact) mass is 495 g/mol. The summed E-state index contributed by atoms with van der Waals surface area (Å²) in [7, 11) is 0. The molecule has 1 aliphatic rings. The van der Waals surface area contributed by atoms with Gasteiger partial charge in [-0.25, -0.2) is 9.37 Å². The van der Waals surface area contributed by atoms with Crippen LogP contribution in [-0.4, -0.2) is 55.9 Å². The molecule has 1 atom stereocenters. The number of nitrogens with one attached hydrogen (secondary N) is 1. The number of halogens is 4. The van der Waals surface area contributed by atoms with Crippen LogP contribution in [0.15, 0.2) is 43.0 Å². The molecule has 1 fully saturated rings. The van der Waals surface area contributed by atoms with Crippen molar-refractivity contribution >= 4 is 29.0 Å². The number of phenolic OH excluding ortho intramolecular Hbond substituents is 2. The van der Waals surface area contributed by atoms with E-state index < -0.39 is 40.6 Å². The molecule has 1 aliphatic heterocycles.